The van der Waals surface area contributed by atoms with Crippen molar-refractivity contribution >= 4 is 5.91 Å². The molecule has 0 saturated carbocycles. The number of rotatable bonds is 47. The maximum absolute atomic E-state index is 12.5. The molecule has 0 rings (SSSR count). The Hall–Kier alpha value is -1.95. The third-order valence-electron chi connectivity index (χ3n) is 11.8. The standard InChI is InChI=1S/C55H101NO4/c1-3-5-7-9-11-13-15-17-19-21-23-25-27-28-30-32-34-36-38-40-42-44-46-48-50-54(59)55(60)56-52(51-57)53(58)49-47-45-43-41-39-37-35-33-31-29-26-24-22-20-18-16-14-12-10-8-6-4-2/h23,25,28,30-31,33,39,41,47,49,52-54,57-59H,3-22,24,26-27,29,32,34-38,40,42-46,48,50-51H2,1-2H3,(H,56,60)/b25-23-,30-28-,33-31+,41-39+,49-47+. The van der Waals surface area contributed by atoms with Crippen LogP contribution in [0, 0.1) is 0 Å². The van der Waals surface area contributed by atoms with Crippen LogP contribution in [-0.2, 0) is 4.79 Å². The Kier molecular flexibility index (Phi) is 48.1. The van der Waals surface area contributed by atoms with E-state index in [1.807, 2.05) is 6.08 Å². The molecule has 0 aliphatic heterocycles. The second-order valence-corrected chi connectivity index (χ2v) is 17.7. The Balaban J connectivity index is 3.71. The molecule has 0 aliphatic rings. The topological polar surface area (TPSA) is 89.8 Å². The number of hydrogen-bond acceptors (Lipinski definition) is 4. The van der Waals surface area contributed by atoms with Gasteiger partial charge in [0.1, 0.15) is 6.10 Å². The summed E-state index contributed by atoms with van der Waals surface area (Å²) in [4.78, 5) is 12.5. The summed E-state index contributed by atoms with van der Waals surface area (Å²) in [6.45, 7) is 4.18. The van der Waals surface area contributed by atoms with E-state index in [0.29, 0.717) is 6.42 Å². The van der Waals surface area contributed by atoms with Gasteiger partial charge in [0.15, 0.2) is 0 Å². The van der Waals surface area contributed by atoms with Crippen molar-refractivity contribution in [1.29, 1.82) is 0 Å². The summed E-state index contributed by atoms with van der Waals surface area (Å²) in [6.07, 6.45) is 67.1. The zero-order chi connectivity index (χ0) is 43.7. The Morgan fingerprint density at radius 3 is 1.12 bits per heavy atom. The van der Waals surface area contributed by atoms with Gasteiger partial charge in [0.2, 0.25) is 5.91 Å². The first kappa shape index (κ1) is 58.0. The largest absolute Gasteiger partial charge is 0.394 e. The lowest BCUT2D eigenvalue weighted by Crippen LogP contribution is -2.48. The van der Waals surface area contributed by atoms with Gasteiger partial charge < -0.3 is 20.6 Å². The fourth-order valence-corrected chi connectivity index (χ4v) is 7.72. The van der Waals surface area contributed by atoms with Crippen LogP contribution in [0.2, 0.25) is 0 Å². The lowest BCUT2D eigenvalue weighted by molar-refractivity contribution is -0.131. The van der Waals surface area contributed by atoms with E-state index in [2.05, 4.69) is 67.8 Å². The molecule has 0 aromatic carbocycles. The van der Waals surface area contributed by atoms with Gasteiger partial charge in [-0.3, -0.25) is 4.79 Å². The normalized spacial score (nSPS) is 13.9. The maximum Gasteiger partial charge on any atom is 0.249 e. The summed E-state index contributed by atoms with van der Waals surface area (Å²) < 4.78 is 0. The molecule has 0 aromatic rings. The van der Waals surface area contributed by atoms with Gasteiger partial charge in [0.05, 0.1) is 18.8 Å². The van der Waals surface area contributed by atoms with Crippen LogP contribution in [0.25, 0.3) is 0 Å². The molecule has 0 saturated heterocycles. The molecular formula is C55H101NO4. The van der Waals surface area contributed by atoms with Crippen LogP contribution >= 0.6 is 0 Å². The van der Waals surface area contributed by atoms with Crippen molar-refractivity contribution in [2.75, 3.05) is 6.61 Å². The number of carbonyl (C=O) groups excluding carboxylic acids is 1. The zero-order valence-corrected chi connectivity index (χ0v) is 39.8. The van der Waals surface area contributed by atoms with Crippen LogP contribution in [0.3, 0.4) is 0 Å². The van der Waals surface area contributed by atoms with E-state index in [0.717, 1.165) is 51.4 Å². The van der Waals surface area contributed by atoms with Crippen LogP contribution in [-0.4, -0.2) is 46.1 Å². The summed E-state index contributed by atoms with van der Waals surface area (Å²) >= 11 is 0. The van der Waals surface area contributed by atoms with Gasteiger partial charge in [-0.25, -0.2) is 0 Å². The molecule has 0 radical (unpaired) electrons. The van der Waals surface area contributed by atoms with E-state index in [4.69, 9.17) is 0 Å². The number of unbranched alkanes of at least 4 members (excludes halogenated alkanes) is 31. The molecule has 5 nitrogen and oxygen atoms in total. The molecule has 0 aromatic heterocycles. The van der Waals surface area contributed by atoms with E-state index in [9.17, 15) is 20.1 Å². The lowest BCUT2D eigenvalue weighted by atomic mass is 10.0. The van der Waals surface area contributed by atoms with Gasteiger partial charge in [-0.15, -0.1) is 0 Å². The zero-order valence-electron chi connectivity index (χ0n) is 39.8. The van der Waals surface area contributed by atoms with Crippen LogP contribution in [0.15, 0.2) is 60.8 Å². The Labute approximate surface area is 373 Å². The van der Waals surface area contributed by atoms with Crippen LogP contribution in [0.5, 0.6) is 0 Å². The van der Waals surface area contributed by atoms with Gasteiger partial charge in [0, 0.05) is 0 Å². The van der Waals surface area contributed by atoms with Gasteiger partial charge in [0.25, 0.3) is 0 Å². The first-order chi connectivity index (χ1) is 29.6. The van der Waals surface area contributed by atoms with Crippen LogP contribution in [0.1, 0.15) is 258 Å². The third kappa shape index (κ3) is 44.1. The van der Waals surface area contributed by atoms with Crippen molar-refractivity contribution in [2.45, 2.75) is 276 Å². The Morgan fingerprint density at radius 2 is 0.733 bits per heavy atom. The molecule has 3 atom stereocenters. The number of aliphatic hydroxyl groups excluding tert-OH is 3. The third-order valence-corrected chi connectivity index (χ3v) is 11.8. The molecule has 0 aliphatic carbocycles. The van der Waals surface area contributed by atoms with Crippen LogP contribution < -0.4 is 5.32 Å². The average Bonchev–Trinajstić information content (AvgIpc) is 3.25. The highest BCUT2D eigenvalue weighted by atomic mass is 16.3. The molecule has 60 heavy (non-hydrogen) atoms. The second kappa shape index (κ2) is 49.7. The van der Waals surface area contributed by atoms with Crippen molar-refractivity contribution in [3.63, 3.8) is 0 Å². The fraction of sp³-hybridized carbons (Fsp3) is 0.800. The molecule has 0 heterocycles. The Bertz CT molecular complexity index is 1020. The average molecular weight is 840 g/mol. The van der Waals surface area contributed by atoms with Gasteiger partial charge >= 0.3 is 0 Å². The summed E-state index contributed by atoms with van der Waals surface area (Å²) in [7, 11) is 0. The quantitative estimate of drug-likeness (QED) is 0.0363. The van der Waals surface area contributed by atoms with Crippen molar-refractivity contribution < 1.29 is 20.1 Å². The highest BCUT2D eigenvalue weighted by Crippen LogP contribution is 2.15. The van der Waals surface area contributed by atoms with E-state index >= 15 is 0 Å². The molecule has 5 heteroatoms. The first-order valence-corrected chi connectivity index (χ1v) is 26.1. The molecule has 1 amide bonds. The second-order valence-electron chi connectivity index (χ2n) is 17.7. The van der Waals surface area contributed by atoms with Gasteiger partial charge in [-0.1, -0.05) is 242 Å². The molecule has 0 fully saturated rings. The van der Waals surface area contributed by atoms with Gasteiger partial charge in [-0.05, 0) is 77.0 Å². The van der Waals surface area contributed by atoms with Crippen molar-refractivity contribution in [3.05, 3.63) is 60.8 Å². The maximum atomic E-state index is 12.5. The minimum absolute atomic E-state index is 0.385. The minimum atomic E-state index is -1.12. The lowest BCUT2D eigenvalue weighted by Gasteiger charge is -2.21. The number of allylic oxidation sites excluding steroid dienone is 9. The van der Waals surface area contributed by atoms with E-state index in [-0.39, 0.29) is 6.61 Å². The summed E-state index contributed by atoms with van der Waals surface area (Å²) in [5.74, 6) is -0.522. The van der Waals surface area contributed by atoms with Crippen LogP contribution in [0.4, 0.5) is 0 Å². The highest BCUT2D eigenvalue weighted by Gasteiger charge is 2.22. The molecule has 0 spiro atoms. The predicted molar refractivity (Wildman–Crippen MR) is 264 cm³/mol. The number of carbonyl (C=O) groups is 1. The SMILES string of the molecule is CCCCCCCCCCC/C=C\C/C=C\CCCCCCCCCCC(O)C(=O)NC(CO)C(O)/C=C/CC/C=C/CC/C=C/CCCCCCCCCCCCCC. The number of aliphatic hydroxyl groups is 3. The van der Waals surface area contributed by atoms with E-state index in [1.165, 1.54) is 186 Å². The monoisotopic (exact) mass is 840 g/mol. The van der Waals surface area contributed by atoms with E-state index < -0.39 is 24.2 Å². The van der Waals surface area contributed by atoms with Crippen molar-refractivity contribution in [2.24, 2.45) is 0 Å². The summed E-state index contributed by atoms with van der Waals surface area (Å²) in [6, 6.07) is -0.827. The molecule has 3 unspecified atom stereocenters. The fourth-order valence-electron chi connectivity index (χ4n) is 7.72. The minimum Gasteiger partial charge on any atom is -0.394 e. The molecule has 350 valence electrons. The van der Waals surface area contributed by atoms with Crippen molar-refractivity contribution in [1.82, 2.24) is 5.32 Å². The molecular weight excluding hydrogens is 739 g/mol. The molecule has 0 bridgehead atoms. The number of nitrogens with one attached hydrogen (secondary N) is 1. The smallest absolute Gasteiger partial charge is 0.249 e. The molecule has 4 N–H and O–H groups in total. The number of amides is 1. The van der Waals surface area contributed by atoms with Crippen molar-refractivity contribution in [3.8, 4) is 0 Å². The number of hydrogen-bond donors (Lipinski definition) is 4. The summed E-state index contributed by atoms with van der Waals surface area (Å²) in [5.41, 5.74) is 0. The summed E-state index contributed by atoms with van der Waals surface area (Å²) in [5, 5.41) is 33.3. The van der Waals surface area contributed by atoms with Gasteiger partial charge in [-0.2, -0.15) is 0 Å². The Morgan fingerprint density at radius 1 is 0.417 bits per heavy atom. The highest BCUT2D eigenvalue weighted by molar-refractivity contribution is 5.80. The predicted octanol–water partition coefficient (Wildman–Crippen LogP) is 15.8. The van der Waals surface area contributed by atoms with E-state index in [1.54, 1.807) is 6.08 Å². The first-order valence-electron chi connectivity index (χ1n) is 26.1.